The van der Waals surface area contributed by atoms with Crippen LogP contribution in [0.1, 0.15) is 82.9 Å². The van der Waals surface area contributed by atoms with Crippen LogP contribution in [0.4, 0.5) is 0 Å². The van der Waals surface area contributed by atoms with Gasteiger partial charge >= 0.3 is 0 Å². The maximum Gasteiger partial charge on any atom is 0.0326 e. The molecule has 2 aliphatic rings. The van der Waals surface area contributed by atoms with Crippen molar-refractivity contribution in [2.24, 2.45) is 5.92 Å². The van der Waals surface area contributed by atoms with Crippen LogP contribution in [-0.4, -0.2) is 6.04 Å². The standard InChI is InChI=1S/C20H31N/c1-4-15-9-5-8-12-18(15)21-19-13-14-20(2,3)17-11-7-6-10-16(17)19/h6-7,10-11,15,18-19,21H,4-5,8-9,12-14H2,1-3H3. The molecule has 1 nitrogen and oxygen atoms in total. The van der Waals surface area contributed by atoms with Gasteiger partial charge < -0.3 is 5.32 Å². The number of hydrogen-bond donors (Lipinski definition) is 1. The Morgan fingerprint density at radius 1 is 1.10 bits per heavy atom. The lowest BCUT2D eigenvalue weighted by atomic mass is 9.70. The van der Waals surface area contributed by atoms with E-state index in [0.29, 0.717) is 11.5 Å². The van der Waals surface area contributed by atoms with E-state index in [1.165, 1.54) is 44.9 Å². The summed E-state index contributed by atoms with van der Waals surface area (Å²) in [6, 6.07) is 10.4. The lowest BCUT2D eigenvalue weighted by Crippen LogP contribution is -2.43. The highest BCUT2D eigenvalue weighted by Gasteiger charge is 2.34. The summed E-state index contributed by atoms with van der Waals surface area (Å²) in [5, 5.41) is 4.05. The lowest BCUT2D eigenvalue weighted by Gasteiger charge is -2.41. The lowest BCUT2D eigenvalue weighted by molar-refractivity contribution is 0.221. The molecule has 1 fully saturated rings. The molecule has 1 heteroatoms. The minimum absolute atomic E-state index is 0.339. The van der Waals surface area contributed by atoms with E-state index in [9.17, 15) is 0 Å². The predicted octanol–water partition coefficient (Wildman–Crippen LogP) is 5.36. The van der Waals surface area contributed by atoms with Crippen molar-refractivity contribution in [3.05, 3.63) is 35.4 Å². The molecule has 1 aromatic rings. The number of benzene rings is 1. The molecule has 0 radical (unpaired) electrons. The second kappa shape index (κ2) is 6.12. The van der Waals surface area contributed by atoms with E-state index in [1.54, 1.807) is 11.1 Å². The normalized spacial score (nSPS) is 31.7. The number of fused-ring (bicyclic) bond motifs is 1. The molecule has 21 heavy (non-hydrogen) atoms. The summed E-state index contributed by atoms with van der Waals surface area (Å²) in [6.07, 6.45) is 9.56. The molecule has 1 N–H and O–H groups in total. The maximum absolute atomic E-state index is 4.05. The third-order valence-corrected chi connectivity index (χ3v) is 5.97. The highest BCUT2D eigenvalue weighted by Crippen LogP contribution is 2.42. The molecule has 0 aliphatic heterocycles. The first-order valence-electron chi connectivity index (χ1n) is 8.97. The Labute approximate surface area is 130 Å². The van der Waals surface area contributed by atoms with Gasteiger partial charge in [-0.3, -0.25) is 0 Å². The minimum Gasteiger partial charge on any atom is -0.307 e. The van der Waals surface area contributed by atoms with Crippen LogP contribution in [0.3, 0.4) is 0 Å². The summed E-state index contributed by atoms with van der Waals surface area (Å²) in [5.41, 5.74) is 3.47. The Morgan fingerprint density at radius 2 is 1.86 bits per heavy atom. The van der Waals surface area contributed by atoms with Gasteiger partial charge in [0.15, 0.2) is 0 Å². The third kappa shape index (κ3) is 3.04. The number of rotatable bonds is 3. The van der Waals surface area contributed by atoms with Crippen LogP contribution >= 0.6 is 0 Å². The van der Waals surface area contributed by atoms with Crippen LogP contribution in [0, 0.1) is 5.92 Å². The quantitative estimate of drug-likeness (QED) is 0.788. The zero-order valence-corrected chi connectivity index (χ0v) is 14.0. The van der Waals surface area contributed by atoms with Gasteiger partial charge in [0.1, 0.15) is 0 Å². The van der Waals surface area contributed by atoms with E-state index >= 15 is 0 Å². The highest BCUT2D eigenvalue weighted by atomic mass is 15.0. The Morgan fingerprint density at radius 3 is 2.67 bits per heavy atom. The van der Waals surface area contributed by atoms with E-state index in [2.05, 4.69) is 50.4 Å². The SMILES string of the molecule is CCC1CCCCC1NC1CCC(C)(C)c2ccccc21. The summed E-state index contributed by atoms with van der Waals surface area (Å²) in [6.45, 7) is 7.16. The summed E-state index contributed by atoms with van der Waals surface area (Å²) < 4.78 is 0. The first kappa shape index (κ1) is 15.1. The van der Waals surface area contributed by atoms with Gasteiger partial charge in [0, 0.05) is 12.1 Å². The van der Waals surface area contributed by atoms with Crippen molar-refractivity contribution in [3.63, 3.8) is 0 Å². The van der Waals surface area contributed by atoms with E-state index < -0.39 is 0 Å². The van der Waals surface area contributed by atoms with Crippen molar-refractivity contribution >= 4 is 0 Å². The van der Waals surface area contributed by atoms with Crippen molar-refractivity contribution in [2.75, 3.05) is 0 Å². The molecule has 3 atom stereocenters. The molecule has 0 saturated heterocycles. The second-order valence-electron chi connectivity index (χ2n) is 7.79. The number of nitrogens with one attached hydrogen (secondary N) is 1. The molecule has 1 saturated carbocycles. The van der Waals surface area contributed by atoms with Crippen molar-refractivity contribution in [1.82, 2.24) is 5.32 Å². The number of hydrogen-bond acceptors (Lipinski definition) is 1. The molecule has 0 aromatic heterocycles. The van der Waals surface area contributed by atoms with Gasteiger partial charge in [-0.25, -0.2) is 0 Å². The molecule has 2 aliphatic carbocycles. The molecule has 3 rings (SSSR count). The van der Waals surface area contributed by atoms with Gasteiger partial charge in [0.25, 0.3) is 0 Å². The second-order valence-corrected chi connectivity index (χ2v) is 7.79. The first-order valence-corrected chi connectivity index (χ1v) is 8.97. The Balaban J connectivity index is 1.80. The van der Waals surface area contributed by atoms with Crippen molar-refractivity contribution < 1.29 is 0 Å². The zero-order valence-electron chi connectivity index (χ0n) is 14.0. The van der Waals surface area contributed by atoms with Gasteiger partial charge in [-0.15, -0.1) is 0 Å². The Bertz CT molecular complexity index is 476. The van der Waals surface area contributed by atoms with Crippen molar-refractivity contribution in [3.8, 4) is 0 Å². The van der Waals surface area contributed by atoms with E-state index in [-0.39, 0.29) is 0 Å². The average Bonchev–Trinajstić information content (AvgIpc) is 2.51. The molecule has 0 bridgehead atoms. The summed E-state index contributed by atoms with van der Waals surface area (Å²) in [7, 11) is 0. The minimum atomic E-state index is 0.339. The largest absolute Gasteiger partial charge is 0.307 e. The summed E-state index contributed by atoms with van der Waals surface area (Å²) in [5.74, 6) is 0.890. The average molecular weight is 285 g/mol. The molecular weight excluding hydrogens is 254 g/mol. The molecule has 0 amide bonds. The van der Waals surface area contributed by atoms with E-state index in [0.717, 1.165) is 12.0 Å². The van der Waals surface area contributed by atoms with Gasteiger partial charge in [0.2, 0.25) is 0 Å². The van der Waals surface area contributed by atoms with E-state index in [4.69, 9.17) is 0 Å². The van der Waals surface area contributed by atoms with Crippen LogP contribution in [0.25, 0.3) is 0 Å². The fourth-order valence-corrected chi connectivity index (χ4v) is 4.56. The van der Waals surface area contributed by atoms with Crippen LogP contribution in [0.5, 0.6) is 0 Å². The van der Waals surface area contributed by atoms with Gasteiger partial charge in [-0.1, -0.05) is 64.3 Å². The van der Waals surface area contributed by atoms with Crippen LogP contribution in [0.15, 0.2) is 24.3 Å². The molecule has 3 unspecified atom stereocenters. The van der Waals surface area contributed by atoms with Crippen LogP contribution in [0.2, 0.25) is 0 Å². The van der Waals surface area contributed by atoms with Crippen LogP contribution in [-0.2, 0) is 5.41 Å². The molecule has 0 spiro atoms. The Hall–Kier alpha value is -0.820. The molecular formula is C20H31N. The highest BCUT2D eigenvalue weighted by molar-refractivity contribution is 5.38. The smallest absolute Gasteiger partial charge is 0.0326 e. The molecule has 1 aromatic carbocycles. The topological polar surface area (TPSA) is 12.0 Å². The Kier molecular flexibility index (Phi) is 4.40. The zero-order chi connectivity index (χ0) is 14.9. The molecule has 0 heterocycles. The molecule has 116 valence electrons. The summed E-state index contributed by atoms with van der Waals surface area (Å²) >= 11 is 0. The van der Waals surface area contributed by atoms with Crippen molar-refractivity contribution in [2.45, 2.75) is 83.2 Å². The van der Waals surface area contributed by atoms with Gasteiger partial charge in [-0.2, -0.15) is 0 Å². The monoisotopic (exact) mass is 285 g/mol. The van der Waals surface area contributed by atoms with Crippen LogP contribution < -0.4 is 5.32 Å². The fraction of sp³-hybridized carbons (Fsp3) is 0.700. The third-order valence-electron chi connectivity index (χ3n) is 5.97. The maximum atomic E-state index is 4.05. The van der Waals surface area contributed by atoms with Crippen molar-refractivity contribution in [1.29, 1.82) is 0 Å². The first-order chi connectivity index (χ1) is 10.1. The van der Waals surface area contributed by atoms with Gasteiger partial charge in [0.05, 0.1) is 0 Å². The van der Waals surface area contributed by atoms with E-state index in [1.807, 2.05) is 0 Å². The predicted molar refractivity (Wildman–Crippen MR) is 90.6 cm³/mol. The summed E-state index contributed by atoms with van der Waals surface area (Å²) in [4.78, 5) is 0. The van der Waals surface area contributed by atoms with Gasteiger partial charge in [-0.05, 0) is 48.1 Å². The fourth-order valence-electron chi connectivity index (χ4n) is 4.56.